The number of nitrogens with two attached hydrogens (primary N) is 1. The van der Waals surface area contributed by atoms with Gasteiger partial charge in [-0.2, -0.15) is 0 Å². The molecule has 6 heteroatoms. The van der Waals surface area contributed by atoms with Gasteiger partial charge in [0.1, 0.15) is 17.5 Å². The van der Waals surface area contributed by atoms with Gasteiger partial charge in [-0.1, -0.05) is 0 Å². The lowest BCUT2D eigenvalue weighted by molar-refractivity contribution is -0.0846. The molecule has 1 atom stereocenters. The maximum atomic E-state index is 11.2. The number of benzene rings is 1. The Labute approximate surface area is 120 Å². The van der Waals surface area contributed by atoms with Crippen molar-refractivity contribution in [1.82, 2.24) is 0 Å². The fourth-order valence-electron chi connectivity index (χ4n) is 2.57. The van der Waals surface area contributed by atoms with E-state index in [1.54, 1.807) is 12.1 Å². The summed E-state index contributed by atoms with van der Waals surface area (Å²) in [5, 5.41) is 5.06. The monoisotopic (exact) mass is 299 g/mol. The highest BCUT2D eigenvalue weighted by Crippen LogP contribution is 2.39. The van der Waals surface area contributed by atoms with Crippen LogP contribution in [0.1, 0.15) is 34.1 Å². The molecule has 20 heavy (non-hydrogen) atoms. The van der Waals surface area contributed by atoms with Crippen molar-refractivity contribution in [3.05, 3.63) is 24.3 Å². The summed E-state index contributed by atoms with van der Waals surface area (Å²) in [4.78, 5) is 0.0760. The van der Waals surface area contributed by atoms with Gasteiger partial charge >= 0.3 is 0 Å². The van der Waals surface area contributed by atoms with Gasteiger partial charge in [-0.25, -0.2) is 13.6 Å². The van der Waals surface area contributed by atoms with E-state index in [0.29, 0.717) is 5.75 Å². The summed E-state index contributed by atoms with van der Waals surface area (Å²) in [6, 6.07) is 6.11. The molecule has 0 aromatic heterocycles. The number of sulfonamides is 1. The second-order valence-electron chi connectivity index (χ2n) is 6.29. The van der Waals surface area contributed by atoms with Gasteiger partial charge in [0.15, 0.2) is 0 Å². The minimum absolute atomic E-state index is 0.0760. The van der Waals surface area contributed by atoms with Gasteiger partial charge in [0, 0.05) is 6.42 Å². The lowest BCUT2D eigenvalue weighted by Crippen LogP contribution is -2.36. The zero-order valence-electron chi connectivity index (χ0n) is 12.2. The van der Waals surface area contributed by atoms with Crippen LogP contribution in [0.2, 0.25) is 0 Å². The second-order valence-corrected chi connectivity index (χ2v) is 7.85. The zero-order chi connectivity index (χ0) is 15.2. The molecule has 0 radical (unpaired) electrons. The third-order valence-corrected chi connectivity index (χ3v) is 4.35. The fraction of sp³-hybridized carbons (Fsp3) is 0.571. The van der Waals surface area contributed by atoms with Crippen LogP contribution in [0.15, 0.2) is 29.2 Å². The summed E-state index contributed by atoms with van der Waals surface area (Å²) >= 11 is 0. The summed E-state index contributed by atoms with van der Waals surface area (Å²) in [6.07, 6.45) is 0.689. The molecular formula is C14H21NO4S. The van der Waals surface area contributed by atoms with E-state index in [4.69, 9.17) is 14.6 Å². The molecular weight excluding hydrogens is 278 g/mol. The number of primary sulfonamides is 1. The fourth-order valence-corrected chi connectivity index (χ4v) is 3.08. The van der Waals surface area contributed by atoms with E-state index in [2.05, 4.69) is 0 Å². The van der Waals surface area contributed by atoms with Gasteiger partial charge in [0.25, 0.3) is 0 Å². The standard InChI is InChI=1S/C14H21NO4S/c1-13(2)9-12(14(3,4)19-13)18-10-5-7-11(8-6-10)20(15,16)17/h5-8,12H,9H2,1-4H3,(H2,15,16,17). The van der Waals surface area contributed by atoms with Crippen LogP contribution >= 0.6 is 0 Å². The highest BCUT2D eigenvalue weighted by Gasteiger charge is 2.47. The maximum absolute atomic E-state index is 11.2. The first-order chi connectivity index (χ1) is 9.00. The minimum atomic E-state index is -3.67. The van der Waals surface area contributed by atoms with Crippen molar-refractivity contribution in [3.8, 4) is 5.75 Å². The maximum Gasteiger partial charge on any atom is 0.238 e. The molecule has 1 aliphatic heterocycles. The van der Waals surface area contributed by atoms with Crippen molar-refractivity contribution in [2.24, 2.45) is 5.14 Å². The van der Waals surface area contributed by atoms with Gasteiger partial charge in [0.2, 0.25) is 10.0 Å². The van der Waals surface area contributed by atoms with Crippen LogP contribution in [-0.4, -0.2) is 25.7 Å². The molecule has 0 amide bonds. The van der Waals surface area contributed by atoms with Crippen LogP contribution in [0.4, 0.5) is 0 Å². The Balaban J connectivity index is 2.15. The van der Waals surface area contributed by atoms with Crippen molar-refractivity contribution in [2.45, 2.75) is 56.3 Å². The molecule has 1 fully saturated rings. The van der Waals surface area contributed by atoms with Gasteiger partial charge < -0.3 is 9.47 Å². The third kappa shape index (κ3) is 3.31. The van der Waals surface area contributed by atoms with Gasteiger partial charge in [-0.15, -0.1) is 0 Å². The zero-order valence-corrected chi connectivity index (χ0v) is 13.0. The van der Waals surface area contributed by atoms with Crippen LogP contribution < -0.4 is 9.88 Å². The van der Waals surface area contributed by atoms with Crippen LogP contribution in [0.5, 0.6) is 5.75 Å². The van der Waals surface area contributed by atoms with Crippen LogP contribution in [0, 0.1) is 0 Å². The topological polar surface area (TPSA) is 78.6 Å². The Morgan fingerprint density at radius 1 is 1.20 bits per heavy atom. The lowest BCUT2D eigenvalue weighted by atomic mass is 9.97. The molecule has 0 bridgehead atoms. The lowest BCUT2D eigenvalue weighted by Gasteiger charge is -2.27. The molecule has 1 heterocycles. The number of ether oxygens (including phenoxy) is 2. The van der Waals surface area contributed by atoms with E-state index in [1.165, 1.54) is 12.1 Å². The number of hydrogen-bond acceptors (Lipinski definition) is 4. The summed E-state index contributed by atoms with van der Waals surface area (Å²) in [6.45, 7) is 8.04. The Morgan fingerprint density at radius 3 is 2.15 bits per heavy atom. The molecule has 1 aromatic rings. The van der Waals surface area contributed by atoms with E-state index < -0.39 is 10.0 Å². The first-order valence-corrected chi connectivity index (χ1v) is 8.04. The Bertz CT molecular complexity index is 590. The summed E-state index contributed by atoms with van der Waals surface area (Å²) < 4.78 is 34.3. The van der Waals surface area contributed by atoms with Gasteiger partial charge in [-0.05, 0) is 52.0 Å². The Morgan fingerprint density at radius 2 is 1.75 bits per heavy atom. The molecule has 1 aromatic carbocycles. The van der Waals surface area contributed by atoms with Crippen molar-refractivity contribution < 1.29 is 17.9 Å². The van der Waals surface area contributed by atoms with Gasteiger partial charge in [-0.3, -0.25) is 0 Å². The van der Waals surface area contributed by atoms with Crippen molar-refractivity contribution >= 4 is 10.0 Å². The molecule has 0 spiro atoms. The average molecular weight is 299 g/mol. The number of hydrogen-bond donors (Lipinski definition) is 1. The summed E-state index contributed by atoms with van der Waals surface area (Å²) in [5.41, 5.74) is -0.614. The van der Waals surface area contributed by atoms with E-state index >= 15 is 0 Å². The molecule has 1 unspecified atom stereocenters. The number of rotatable bonds is 3. The first kappa shape index (κ1) is 15.3. The largest absolute Gasteiger partial charge is 0.487 e. The smallest absolute Gasteiger partial charge is 0.238 e. The van der Waals surface area contributed by atoms with Crippen molar-refractivity contribution in [1.29, 1.82) is 0 Å². The van der Waals surface area contributed by atoms with Crippen LogP contribution in [-0.2, 0) is 14.8 Å². The molecule has 0 aliphatic carbocycles. The normalized spacial score (nSPS) is 24.6. The molecule has 1 saturated heterocycles. The second kappa shape index (κ2) is 4.72. The summed E-state index contributed by atoms with van der Waals surface area (Å²) in [5.74, 6) is 0.608. The van der Waals surface area contributed by atoms with Crippen LogP contribution in [0.3, 0.4) is 0 Å². The van der Waals surface area contributed by atoms with Crippen molar-refractivity contribution in [2.75, 3.05) is 0 Å². The van der Waals surface area contributed by atoms with E-state index in [0.717, 1.165) is 6.42 Å². The van der Waals surface area contributed by atoms with E-state index in [9.17, 15) is 8.42 Å². The highest BCUT2D eigenvalue weighted by atomic mass is 32.2. The van der Waals surface area contributed by atoms with Crippen LogP contribution in [0.25, 0.3) is 0 Å². The molecule has 2 N–H and O–H groups in total. The average Bonchev–Trinajstić information content (AvgIpc) is 2.46. The molecule has 5 nitrogen and oxygen atoms in total. The first-order valence-electron chi connectivity index (χ1n) is 6.49. The summed E-state index contributed by atoms with van der Waals surface area (Å²) in [7, 11) is -3.67. The minimum Gasteiger partial charge on any atom is -0.487 e. The SMILES string of the molecule is CC1(C)CC(Oc2ccc(S(N)(=O)=O)cc2)C(C)(C)O1. The third-order valence-electron chi connectivity index (χ3n) is 3.42. The molecule has 112 valence electrons. The van der Waals surface area contributed by atoms with Crippen molar-refractivity contribution in [3.63, 3.8) is 0 Å². The predicted octanol–water partition coefficient (Wildman–Crippen LogP) is 2.06. The quantitative estimate of drug-likeness (QED) is 0.926. The highest BCUT2D eigenvalue weighted by molar-refractivity contribution is 7.89. The predicted molar refractivity (Wildman–Crippen MR) is 76.1 cm³/mol. The molecule has 0 saturated carbocycles. The van der Waals surface area contributed by atoms with Gasteiger partial charge in [0.05, 0.1) is 10.5 Å². The molecule has 2 rings (SSSR count). The Kier molecular flexibility index (Phi) is 3.60. The van der Waals surface area contributed by atoms with E-state index in [-0.39, 0.29) is 22.2 Å². The molecule has 1 aliphatic rings. The van der Waals surface area contributed by atoms with E-state index in [1.807, 2.05) is 27.7 Å². The Hall–Kier alpha value is -1.11.